The quantitative estimate of drug-likeness (QED) is 0.0375. The van der Waals surface area contributed by atoms with E-state index in [9.17, 15) is 47.9 Å². The summed E-state index contributed by atoms with van der Waals surface area (Å²) in [4.78, 5) is 125. The average molecular weight is 2390 g/mol. The molecular formula is C94H118BBr6Cl8N5NaO17. The Labute approximate surface area is 894 Å². The number of nitrogens with zero attached hydrogens (tertiary/aromatic N) is 4. The molecule has 5 heterocycles. The maximum atomic E-state index is 12.8. The number of imide groups is 2. The van der Waals surface area contributed by atoms with Crippen LogP contribution < -0.4 is 34.9 Å². The van der Waals surface area contributed by atoms with Gasteiger partial charge in [0.25, 0.3) is 5.24 Å². The molecule has 0 spiro atoms. The Kier molecular flexibility index (Phi) is 55.5. The summed E-state index contributed by atoms with van der Waals surface area (Å²) < 4.78 is 34.7. The molecule has 132 heavy (non-hydrogen) atoms. The normalized spacial score (nSPS) is 18.8. The SMILES string of the molecule is CC(C)(C)OC(=O)OC(=O)OC(C)(C)C.CC1CC(C(=O)c2ccc(Br)c(Cl)c2)C(=O)N(C(=O)OC(C)(C)C)C1.CC1CCC(=O)N(C(=O)OC(C)(C)C)C1.CC1CCC(c2ccc(Br)c(Cl)c2)=NC1.C[C@H]1CCC(c2ccc(Br)c(Cl)c2)N(C(=O)OC(C)(C)C)C1.C[C@H]1CCC(c2ccc(Br)c(Cl)c2)NC1.Cl.O=C(Cl)c1ccc(Br)c(Cl)c1.O=C(O)c1ccc(Br)c(Cl)c1.[B].[H-].[Na+]. The van der Waals surface area contributed by atoms with Crippen molar-refractivity contribution in [3.63, 3.8) is 0 Å². The molecule has 5 aliphatic heterocycles. The summed E-state index contributed by atoms with van der Waals surface area (Å²) in [7, 11) is 0. The second-order valence-corrected chi connectivity index (χ2v) is 44.6. The van der Waals surface area contributed by atoms with Gasteiger partial charge in [-0.2, -0.15) is 0 Å². The van der Waals surface area contributed by atoms with Crippen LogP contribution in [0, 0.1) is 35.5 Å². The van der Waals surface area contributed by atoms with Crippen molar-refractivity contribution in [3.05, 3.63) is 200 Å². The first-order valence-corrected chi connectivity index (χ1v) is 49.1. The molecule has 0 aromatic heterocycles. The molecule has 22 nitrogen and oxygen atoms in total. The van der Waals surface area contributed by atoms with Crippen LogP contribution >= 0.6 is 189 Å². The fourth-order valence-electron chi connectivity index (χ4n) is 12.6. The predicted molar refractivity (Wildman–Crippen MR) is 549 cm³/mol. The molecule has 0 saturated carbocycles. The molecule has 4 saturated heterocycles. The van der Waals surface area contributed by atoms with Crippen molar-refractivity contribution in [1.82, 2.24) is 20.0 Å². The van der Waals surface area contributed by atoms with Crippen LogP contribution in [0.25, 0.3) is 0 Å². The molecule has 8 atom stereocenters. The molecule has 6 unspecified atom stereocenters. The van der Waals surface area contributed by atoms with Crippen molar-refractivity contribution in [1.29, 1.82) is 0 Å². The van der Waals surface area contributed by atoms with E-state index in [1.165, 1.54) is 59.7 Å². The van der Waals surface area contributed by atoms with Gasteiger partial charge in [0.1, 0.15) is 33.9 Å². The van der Waals surface area contributed by atoms with Crippen molar-refractivity contribution >= 4 is 263 Å². The van der Waals surface area contributed by atoms with Crippen LogP contribution in [0.2, 0.25) is 30.1 Å². The second kappa shape index (κ2) is 58.2. The van der Waals surface area contributed by atoms with E-state index < -0.39 is 75.5 Å². The number of rotatable bonds is 7. The number of carboxylic acid groups (broad SMARTS) is 1. The first-order valence-electron chi connectivity index (χ1n) is 41.7. The number of carbonyl (C=O) groups is 10. The fraction of sp³-hybridized carbons (Fsp3) is 0.500. The second-order valence-electron chi connectivity index (χ2n) is 36.7. The summed E-state index contributed by atoms with van der Waals surface area (Å²) in [5, 5.41) is 15.1. The number of ketones is 1. The number of hydrogen-bond donors (Lipinski definition) is 2. The molecular weight excluding hydrogens is 2270 g/mol. The summed E-state index contributed by atoms with van der Waals surface area (Å²) in [5.74, 6) is -0.479. The van der Waals surface area contributed by atoms with Crippen LogP contribution in [-0.4, -0.2) is 154 Å². The number of piperidine rings is 4. The summed E-state index contributed by atoms with van der Waals surface area (Å²) in [6.07, 6.45) is 4.93. The van der Waals surface area contributed by atoms with Gasteiger partial charge in [-0.05, 0) is 400 Å². The van der Waals surface area contributed by atoms with Gasteiger partial charge in [0.2, 0.25) is 11.8 Å². The number of carbonyl (C=O) groups excluding carboxylic acids is 9. The molecule has 5 amide bonds. The number of hydrogen-bond acceptors (Lipinski definition) is 18. The molecule has 723 valence electrons. The van der Waals surface area contributed by atoms with Crippen LogP contribution in [0.3, 0.4) is 0 Å². The van der Waals surface area contributed by atoms with E-state index in [1.807, 2.05) is 75.9 Å². The Morgan fingerprint density at radius 2 is 0.833 bits per heavy atom. The number of nitrogens with one attached hydrogen (secondary N) is 1. The largest absolute Gasteiger partial charge is 1.00 e. The van der Waals surface area contributed by atoms with Gasteiger partial charge in [-0.1, -0.05) is 128 Å². The van der Waals surface area contributed by atoms with Gasteiger partial charge in [0.05, 0.1) is 41.7 Å². The van der Waals surface area contributed by atoms with E-state index in [1.54, 1.807) is 113 Å². The third kappa shape index (κ3) is 46.8. The van der Waals surface area contributed by atoms with E-state index in [2.05, 4.69) is 150 Å². The Bertz CT molecular complexity index is 4850. The van der Waals surface area contributed by atoms with Crippen molar-refractivity contribution in [2.45, 2.75) is 236 Å². The summed E-state index contributed by atoms with van der Waals surface area (Å²) in [6.45, 7) is 40.4. The minimum absolute atomic E-state index is 0. The number of halogens is 14. The molecule has 11 rings (SSSR count). The summed E-state index contributed by atoms with van der Waals surface area (Å²) in [5.41, 5.74) is 2.54. The van der Waals surface area contributed by atoms with Gasteiger partial charge in [-0.25, -0.2) is 38.6 Å². The molecule has 0 bridgehead atoms. The van der Waals surface area contributed by atoms with E-state index >= 15 is 0 Å². The Morgan fingerprint density at radius 3 is 1.27 bits per heavy atom. The van der Waals surface area contributed by atoms with Crippen molar-refractivity contribution < 1.29 is 112 Å². The van der Waals surface area contributed by atoms with Crippen molar-refractivity contribution in [3.8, 4) is 0 Å². The smallest absolute Gasteiger partial charge is 1.00 e. The van der Waals surface area contributed by atoms with Gasteiger partial charge in [0.15, 0.2) is 5.78 Å². The number of ether oxygens (including phenoxy) is 6. The number of carboxylic acids is 1. The van der Waals surface area contributed by atoms with Crippen molar-refractivity contribution in [2.75, 3.05) is 32.7 Å². The monoisotopic (exact) mass is 2380 g/mol. The zero-order valence-corrected chi connectivity index (χ0v) is 95.7. The number of aromatic carboxylic acids is 1. The first kappa shape index (κ1) is 126. The number of benzene rings is 6. The van der Waals surface area contributed by atoms with Crippen LogP contribution in [0.5, 0.6) is 0 Å². The Morgan fingerprint density at radius 1 is 0.447 bits per heavy atom. The maximum Gasteiger partial charge on any atom is 1.00 e. The van der Waals surface area contributed by atoms with Gasteiger partial charge in [-0.3, -0.25) is 24.2 Å². The average Bonchev–Trinajstić information content (AvgIpc) is 0.808. The van der Waals surface area contributed by atoms with Gasteiger partial charge < -0.3 is 45.2 Å². The Hall–Kier alpha value is -4.09. The van der Waals surface area contributed by atoms with Gasteiger partial charge >= 0.3 is 66.1 Å². The summed E-state index contributed by atoms with van der Waals surface area (Å²) in [6, 6.07) is 32.7. The molecule has 3 radical (unpaired) electrons. The predicted octanol–water partition coefficient (Wildman–Crippen LogP) is 27.5. The van der Waals surface area contributed by atoms with Crippen LogP contribution in [0.4, 0.5) is 24.0 Å². The van der Waals surface area contributed by atoms with E-state index in [0.717, 1.165) is 94.6 Å². The van der Waals surface area contributed by atoms with Crippen LogP contribution in [0.15, 0.2) is 141 Å². The molecule has 4 fully saturated rings. The van der Waals surface area contributed by atoms with Crippen LogP contribution in [0.1, 0.15) is 258 Å². The molecule has 5 aliphatic rings. The first-order chi connectivity index (χ1) is 59.5. The molecule has 38 heteroatoms. The molecule has 0 aliphatic carbocycles. The van der Waals surface area contributed by atoms with Gasteiger partial charge in [0, 0.05) is 90.7 Å². The van der Waals surface area contributed by atoms with E-state index in [-0.39, 0.29) is 93.7 Å². The van der Waals surface area contributed by atoms with Gasteiger partial charge in [-0.15, -0.1) is 12.4 Å². The standard InChI is InChI=1S/C18H21BrClNO4.C17H23BrClNO2.C12H15BrClN.C12H13BrClN.C11H19NO3.C10H18O5.C7H3BrCl2O.C7H4BrClO2.B.ClH.Na.H/c1-10-7-12(15(22)11-5-6-13(19)14(20)8-11)16(23)21(9-10)17(24)25-18(2,3)4;1-11-5-8-15(12-6-7-13(18)14(19)9-12)20(10-11)16(21)22-17(2,3)4;2*1-8-2-5-12(15-7-8)9-3-4-10(13)11(14)6-9;1-8-5-6-9(13)12(7-8)10(14)15-11(2,3)4;1-9(2,3)14-7(11)13-8(12)15-10(4,5)6;2*8-5-2-1-4(7(10)11)3-6(5)9;;;;/h5-6,8,10,12H,7,9H2,1-4H3;6-7,9,11,15H,5,8,10H2,1-4H3;3-4,6,8,12,15H,2,5,7H2,1H3;3-4,6,8H,2,5,7H2,1H3;8H,5-7H2,1-4H3;1-6H3;1-3H;1-3H,(H,10,11);;1H;;/q;;;;;;;;;;+1;-1/t;11-,15?;8-,12?;;;;;;;;;/m.00........./s1. The fourth-order valence-corrected chi connectivity index (χ4v) is 15.3. The molecule has 2 N–H and O–H groups in total. The third-order valence-electron chi connectivity index (χ3n) is 18.9. The number of Topliss-reactive ketones (excluding diaryl/α,β-unsaturated/α-hetero) is 1. The van der Waals surface area contributed by atoms with E-state index in [0.29, 0.717) is 84.0 Å². The van der Waals surface area contributed by atoms with E-state index in [4.69, 9.17) is 110 Å². The number of amides is 5. The topological polar surface area (TPSA) is 280 Å². The third-order valence-corrected chi connectivity index (χ3v) is 26.5. The summed E-state index contributed by atoms with van der Waals surface area (Å²) >= 11 is 60.8. The molecule has 6 aromatic carbocycles. The number of likely N-dealkylation sites (tertiary alicyclic amines) is 3. The number of aliphatic imine (C=N–C) groups is 1. The zero-order valence-electron chi connectivity index (χ0n) is 79.1. The van der Waals surface area contributed by atoms with Crippen molar-refractivity contribution in [2.24, 2.45) is 40.5 Å². The minimum Gasteiger partial charge on any atom is -1.00 e. The molecule has 6 aromatic rings. The maximum absolute atomic E-state index is 12.8. The Balaban J connectivity index is 0.00000151. The zero-order chi connectivity index (χ0) is 97.9. The minimum atomic E-state index is -1.06. The van der Waals surface area contributed by atoms with Crippen LogP contribution in [-0.2, 0) is 38.0 Å².